The van der Waals surface area contributed by atoms with Crippen molar-refractivity contribution in [3.8, 4) is 40.2 Å². The smallest absolute Gasteiger partial charge is 0.331 e. The molecule has 10 rings (SSSR count). The van der Waals surface area contributed by atoms with Crippen molar-refractivity contribution >= 4 is 23.7 Å². The molecule has 0 amide bonds. The van der Waals surface area contributed by atoms with Gasteiger partial charge in [0.15, 0.2) is 40.0 Å². The predicted molar refractivity (Wildman–Crippen MR) is 193 cm³/mol. The maximum Gasteiger partial charge on any atom is 0.331 e. The summed E-state index contributed by atoms with van der Waals surface area (Å²) in [5, 5.41) is 25.8. The number of esters is 2. The second-order valence-electron chi connectivity index (χ2n) is 14.9. The summed E-state index contributed by atoms with van der Waals surface area (Å²) in [5.41, 5.74) is 5.22. The standard InChI is InChI=1S/C39H43N3O10S/c1-17-9-21-10-22-13-42-24-14-49-38(46)39(23-12-26(47-5)25(44)11-20(23)7-8-40-39)15-53-37(31(42)30(41(22)4)27(21)32(45)33(17)48-6)29-28(24)36-35(50-16-51-36)18(2)34(29)52-19(3)43/h9,11-12,22,24,30-31,37,40,44-45H,7-8,10,13-16H2,1-6H3. The SMILES string of the molecule is COc1cc2c(cc1O)CCNC21CSC2c3c(OC(C)=O)c(C)c4c(c3C(COC1=O)N1CC3Cc5cc(C)c(OC)c(O)c5C(C21)N3C)OCO4. The number of nitrogens with zero attached hydrogens (tertiary/aromatic N) is 2. The van der Waals surface area contributed by atoms with Crippen LogP contribution in [0.25, 0.3) is 0 Å². The van der Waals surface area contributed by atoms with Crippen LogP contribution in [0.15, 0.2) is 18.2 Å². The van der Waals surface area contributed by atoms with E-state index < -0.39 is 28.8 Å². The Morgan fingerprint density at radius 1 is 1.02 bits per heavy atom. The van der Waals surface area contributed by atoms with Crippen molar-refractivity contribution in [1.29, 1.82) is 0 Å². The maximum atomic E-state index is 14.7. The molecule has 7 heterocycles. The number of carbonyl (C=O) groups excluding carboxylic acids is 2. The summed E-state index contributed by atoms with van der Waals surface area (Å²) in [4.78, 5) is 32.3. The number of rotatable bonds is 3. The van der Waals surface area contributed by atoms with E-state index in [0.29, 0.717) is 60.1 Å². The molecule has 0 aliphatic carbocycles. The zero-order valence-electron chi connectivity index (χ0n) is 30.5. The van der Waals surface area contributed by atoms with E-state index in [2.05, 4.69) is 28.2 Å². The number of piperazine rings is 1. The second-order valence-corrected chi connectivity index (χ2v) is 16.0. The first kappa shape index (κ1) is 34.4. The maximum absolute atomic E-state index is 14.7. The molecule has 3 N–H and O–H groups in total. The van der Waals surface area contributed by atoms with Crippen molar-refractivity contribution < 1.29 is 48.2 Å². The molecular formula is C39H43N3O10S. The highest BCUT2D eigenvalue weighted by Gasteiger charge is 2.59. The van der Waals surface area contributed by atoms with Crippen molar-refractivity contribution in [2.24, 2.45) is 0 Å². The summed E-state index contributed by atoms with van der Waals surface area (Å²) in [6.07, 6.45) is 1.31. The Kier molecular flexibility index (Phi) is 8.01. The number of methoxy groups -OCH3 is 2. The van der Waals surface area contributed by atoms with Gasteiger partial charge in [0.1, 0.15) is 12.4 Å². The molecule has 4 bridgehead atoms. The third-order valence-corrected chi connectivity index (χ3v) is 13.7. The molecular weight excluding hydrogens is 703 g/mol. The predicted octanol–water partition coefficient (Wildman–Crippen LogP) is 4.09. The van der Waals surface area contributed by atoms with Gasteiger partial charge in [-0.15, -0.1) is 11.8 Å². The molecule has 2 fully saturated rings. The molecule has 0 radical (unpaired) electrons. The van der Waals surface area contributed by atoms with E-state index in [9.17, 15) is 19.8 Å². The normalized spacial score (nSPS) is 28.3. The van der Waals surface area contributed by atoms with Crippen LogP contribution in [0.2, 0.25) is 0 Å². The number of thioether (sulfide) groups is 1. The largest absolute Gasteiger partial charge is 0.504 e. The number of phenolic OH excluding ortho intramolecular Hbond substituents is 2. The van der Waals surface area contributed by atoms with E-state index in [1.165, 1.54) is 14.0 Å². The Hall–Kier alpha value is -4.37. The van der Waals surface area contributed by atoms with Gasteiger partial charge >= 0.3 is 11.9 Å². The number of hydrogen-bond donors (Lipinski definition) is 3. The van der Waals surface area contributed by atoms with E-state index in [-0.39, 0.29) is 54.5 Å². The third-order valence-electron chi connectivity index (χ3n) is 12.2. The first-order valence-corrected chi connectivity index (χ1v) is 19.0. The number of fused-ring (bicyclic) bond motifs is 9. The van der Waals surface area contributed by atoms with Crippen molar-refractivity contribution in [2.45, 2.75) is 68.6 Å². The van der Waals surface area contributed by atoms with E-state index >= 15 is 0 Å². The summed E-state index contributed by atoms with van der Waals surface area (Å²) in [5.74, 6) is 1.66. The lowest BCUT2D eigenvalue weighted by Crippen LogP contribution is -2.65. The van der Waals surface area contributed by atoms with Crippen LogP contribution < -0.4 is 29.0 Å². The van der Waals surface area contributed by atoms with Gasteiger partial charge in [0.2, 0.25) is 6.79 Å². The number of nitrogens with one attached hydrogen (secondary N) is 1. The molecule has 0 aromatic heterocycles. The Morgan fingerprint density at radius 2 is 1.81 bits per heavy atom. The summed E-state index contributed by atoms with van der Waals surface area (Å²) < 4.78 is 36.2. The lowest BCUT2D eigenvalue weighted by atomic mass is 9.73. The Morgan fingerprint density at radius 3 is 2.57 bits per heavy atom. The van der Waals surface area contributed by atoms with Crippen LogP contribution >= 0.6 is 11.8 Å². The lowest BCUT2D eigenvalue weighted by Gasteiger charge is -2.60. The highest BCUT2D eigenvalue weighted by Crippen LogP contribution is 2.63. The number of phenols is 2. The molecule has 1 spiro atoms. The zero-order chi connectivity index (χ0) is 37.1. The molecule has 14 heteroatoms. The second kappa shape index (κ2) is 12.3. The van der Waals surface area contributed by atoms with Gasteiger partial charge in [0, 0.05) is 60.1 Å². The van der Waals surface area contributed by atoms with Crippen LogP contribution in [0, 0.1) is 13.8 Å². The minimum Gasteiger partial charge on any atom is -0.504 e. The first-order valence-electron chi connectivity index (χ1n) is 17.9. The minimum atomic E-state index is -1.29. The van der Waals surface area contributed by atoms with Crippen molar-refractivity contribution in [3.05, 3.63) is 62.7 Å². The molecule has 13 nitrogen and oxygen atoms in total. The summed E-state index contributed by atoms with van der Waals surface area (Å²) in [6, 6.07) is 4.51. The number of aromatic hydroxyl groups is 2. The summed E-state index contributed by atoms with van der Waals surface area (Å²) in [7, 11) is 5.17. The van der Waals surface area contributed by atoms with Gasteiger partial charge in [0.25, 0.3) is 0 Å². The number of benzene rings is 3. The van der Waals surface area contributed by atoms with Crippen LogP contribution in [-0.2, 0) is 32.7 Å². The molecule has 6 atom stereocenters. The first-order chi connectivity index (χ1) is 25.5. The average molecular weight is 746 g/mol. The number of carbonyl (C=O) groups is 2. The highest BCUT2D eigenvalue weighted by atomic mass is 32.2. The molecule has 0 saturated carbocycles. The number of ether oxygens (including phenoxy) is 6. The van der Waals surface area contributed by atoms with E-state index in [0.717, 1.165) is 33.4 Å². The van der Waals surface area contributed by atoms with Gasteiger partial charge in [-0.1, -0.05) is 6.07 Å². The fraction of sp³-hybridized carbons (Fsp3) is 0.487. The molecule has 7 aliphatic heterocycles. The lowest BCUT2D eigenvalue weighted by molar-refractivity contribution is -0.156. The summed E-state index contributed by atoms with van der Waals surface area (Å²) in [6.45, 7) is 6.33. The molecule has 7 aliphatic rings. The van der Waals surface area contributed by atoms with Crippen molar-refractivity contribution in [2.75, 3.05) is 53.5 Å². The van der Waals surface area contributed by atoms with Gasteiger partial charge in [-0.2, -0.15) is 0 Å². The Bertz CT molecular complexity index is 2090. The van der Waals surface area contributed by atoms with Gasteiger partial charge in [-0.05, 0) is 68.1 Å². The average Bonchev–Trinajstić information content (AvgIpc) is 3.61. The van der Waals surface area contributed by atoms with Crippen molar-refractivity contribution in [3.63, 3.8) is 0 Å². The minimum absolute atomic E-state index is 0.00613. The molecule has 2 saturated heterocycles. The van der Waals surface area contributed by atoms with Crippen LogP contribution in [0.3, 0.4) is 0 Å². The van der Waals surface area contributed by atoms with Gasteiger partial charge in [0.05, 0.1) is 31.6 Å². The topological polar surface area (TPSA) is 148 Å². The fourth-order valence-electron chi connectivity index (χ4n) is 9.92. The number of hydrogen-bond acceptors (Lipinski definition) is 14. The van der Waals surface area contributed by atoms with Gasteiger partial charge < -0.3 is 38.6 Å². The zero-order valence-corrected chi connectivity index (χ0v) is 31.3. The fourth-order valence-corrected chi connectivity index (χ4v) is 11.6. The van der Waals surface area contributed by atoms with Crippen LogP contribution in [-0.4, -0.2) is 97.5 Å². The van der Waals surface area contributed by atoms with E-state index in [1.54, 1.807) is 31.0 Å². The number of aryl methyl sites for hydroxylation is 1. The monoisotopic (exact) mass is 745 g/mol. The number of likely N-dealkylation sites (N-methyl/N-ethyl adjacent to an activating group) is 1. The van der Waals surface area contributed by atoms with E-state index in [4.69, 9.17) is 28.4 Å². The quantitative estimate of drug-likeness (QED) is 0.261. The summed E-state index contributed by atoms with van der Waals surface area (Å²) >= 11 is 1.58. The van der Waals surface area contributed by atoms with Crippen LogP contribution in [0.1, 0.15) is 68.8 Å². The van der Waals surface area contributed by atoms with Gasteiger partial charge in [-0.25, -0.2) is 4.79 Å². The molecule has 6 unspecified atom stereocenters. The molecule has 53 heavy (non-hydrogen) atoms. The molecule has 280 valence electrons. The van der Waals surface area contributed by atoms with Crippen LogP contribution in [0.5, 0.6) is 40.2 Å². The Balaban J connectivity index is 1.30. The molecule has 3 aromatic rings. The van der Waals surface area contributed by atoms with E-state index in [1.807, 2.05) is 13.8 Å². The Labute approximate surface area is 311 Å². The third kappa shape index (κ3) is 4.81. The van der Waals surface area contributed by atoms with Crippen molar-refractivity contribution in [1.82, 2.24) is 15.1 Å². The highest BCUT2D eigenvalue weighted by molar-refractivity contribution is 7.99. The molecule has 3 aromatic carbocycles. The van der Waals surface area contributed by atoms with Crippen LogP contribution in [0.4, 0.5) is 0 Å². The van der Waals surface area contributed by atoms with Gasteiger partial charge in [-0.3, -0.25) is 19.9 Å².